The second-order valence-electron chi connectivity index (χ2n) is 5.31. The van der Waals surface area contributed by atoms with Gasteiger partial charge in [0.15, 0.2) is 5.78 Å². The molecular formula is C17H21NO2S. The number of aromatic nitrogens is 1. The fraction of sp³-hybridized carbons (Fsp3) is 0.412. The third-order valence-corrected chi connectivity index (χ3v) is 4.48. The molecule has 4 heteroatoms. The molecule has 112 valence electrons. The van der Waals surface area contributed by atoms with Crippen LogP contribution in [-0.2, 0) is 13.0 Å². The van der Waals surface area contributed by atoms with Crippen LogP contribution in [-0.4, -0.2) is 10.8 Å². The fourth-order valence-electron chi connectivity index (χ4n) is 2.07. The van der Waals surface area contributed by atoms with Gasteiger partial charge in [0.25, 0.3) is 0 Å². The third kappa shape index (κ3) is 3.91. The molecule has 2 aromatic rings. The van der Waals surface area contributed by atoms with Crippen LogP contribution in [0.3, 0.4) is 0 Å². The smallest absolute Gasteiger partial charge is 0.171 e. The minimum atomic E-state index is 0.0805. The van der Waals surface area contributed by atoms with E-state index in [9.17, 15) is 4.79 Å². The Morgan fingerprint density at radius 3 is 2.43 bits per heavy atom. The summed E-state index contributed by atoms with van der Waals surface area (Å²) in [5.41, 5.74) is 2.17. The van der Waals surface area contributed by atoms with E-state index >= 15 is 0 Å². The van der Waals surface area contributed by atoms with Crippen molar-refractivity contribution < 1.29 is 9.53 Å². The molecule has 0 radical (unpaired) electrons. The van der Waals surface area contributed by atoms with Crippen molar-refractivity contribution in [3.8, 4) is 5.75 Å². The zero-order valence-corrected chi connectivity index (χ0v) is 13.8. The molecule has 1 aromatic carbocycles. The highest BCUT2D eigenvalue weighted by molar-refractivity contribution is 7.13. The lowest BCUT2D eigenvalue weighted by atomic mass is 10.0. The Labute approximate surface area is 130 Å². The van der Waals surface area contributed by atoms with E-state index in [1.165, 1.54) is 16.9 Å². The average molecular weight is 303 g/mol. The van der Waals surface area contributed by atoms with Crippen LogP contribution in [0, 0.1) is 0 Å². The molecule has 1 aromatic heterocycles. The summed E-state index contributed by atoms with van der Waals surface area (Å²) in [6.45, 7) is 8.34. The molecule has 0 amide bonds. The maximum Gasteiger partial charge on any atom is 0.171 e. The van der Waals surface area contributed by atoms with Crippen molar-refractivity contribution in [1.29, 1.82) is 0 Å². The van der Waals surface area contributed by atoms with Gasteiger partial charge in [-0.3, -0.25) is 4.79 Å². The van der Waals surface area contributed by atoms with E-state index in [4.69, 9.17) is 4.74 Å². The number of aryl methyl sites for hydroxylation is 1. The van der Waals surface area contributed by atoms with Crippen LogP contribution in [0.25, 0.3) is 0 Å². The number of ketones is 1. The van der Waals surface area contributed by atoms with Gasteiger partial charge < -0.3 is 4.74 Å². The quantitative estimate of drug-likeness (QED) is 0.731. The molecule has 2 rings (SSSR count). The van der Waals surface area contributed by atoms with E-state index in [1.54, 1.807) is 6.92 Å². The number of ether oxygens (including phenoxy) is 1. The number of nitrogens with zero attached hydrogens (tertiary/aromatic N) is 1. The summed E-state index contributed by atoms with van der Waals surface area (Å²) in [6, 6.07) is 8.13. The van der Waals surface area contributed by atoms with Crippen LogP contribution in [0.2, 0.25) is 0 Å². The van der Waals surface area contributed by atoms with E-state index in [2.05, 4.69) is 31.0 Å². The Morgan fingerprint density at radius 1 is 1.29 bits per heavy atom. The van der Waals surface area contributed by atoms with E-state index in [0.717, 1.165) is 27.7 Å². The van der Waals surface area contributed by atoms with Gasteiger partial charge in [0, 0.05) is 6.92 Å². The molecule has 0 saturated carbocycles. The van der Waals surface area contributed by atoms with Gasteiger partial charge in [-0.25, -0.2) is 4.98 Å². The minimum absolute atomic E-state index is 0.0805. The van der Waals surface area contributed by atoms with Crippen LogP contribution in [0.4, 0.5) is 0 Å². The third-order valence-electron chi connectivity index (χ3n) is 3.31. The highest BCUT2D eigenvalue weighted by Crippen LogP contribution is 2.23. The van der Waals surface area contributed by atoms with E-state index in [0.29, 0.717) is 12.5 Å². The van der Waals surface area contributed by atoms with Crippen molar-refractivity contribution in [2.45, 2.75) is 46.6 Å². The molecule has 0 aliphatic rings. The predicted molar refractivity (Wildman–Crippen MR) is 86.4 cm³/mol. The summed E-state index contributed by atoms with van der Waals surface area (Å²) in [7, 11) is 0. The molecule has 0 bridgehead atoms. The highest BCUT2D eigenvalue weighted by atomic mass is 32.1. The molecule has 0 spiro atoms. The largest absolute Gasteiger partial charge is 0.486 e. The predicted octanol–water partition coefficient (Wildman–Crippen LogP) is 4.61. The number of carbonyl (C=O) groups is 1. The van der Waals surface area contributed by atoms with Gasteiger partial charge in [-0.05, 0) is 30.0 Å². The second kappa shape index (κ2) is 6.85. The standard InChI is InChI=1S/C17H21NO2S/c1-5-15-17(12(4)19)21-16(18-15)10-20-14-8-6-13(7-9-14)11(2)3/h6-9,11H,5,10H2,1-4H3. The van der Waals surface area contributed by atoms with Crippen LogP contribution in [0.15, 0.2) is 24.3 Å². The molecular weight excluding hydrogens is 282 g/mol. The van der Waals surface area contributed by atoms with Crippen LogP contribution in [0.5, 0.6) is 5.75 Å². The van der Waals surface area contributed by atoms with Crippen molar-refractivity contribution in [1.82, 2.24) is 4.98 Å². The summed E-state index contributed by atoms with van der Waals surface area (Å²) in [6.07, 6.45) is 0.772. The van der Waals surface area contributed by atoms with Crippen LogP contribution < -0.4 is 4.74 Å². The first-order chi connectivity index (χ1) is 10.0. The van der Waals surface area contributed by atoms with Crippen LogP contribution in [0.1, 0.15) is 59.5 Å². The zero-order chi connectivity index (χ0) is 15.4. The topological polar surface area (TPSA) is 39.2 Å². The van der Waals surface area contributed by atoms with Gasteiger partial charge in [-0.15, -0.1) is 11.3 Å². The lowest BCUT2D eigenvalue weighted by molar-refractivity contribution is 0.102. The van der Waals surface area contributed by atoms with E-state index in [-0.39, 0.29) is 5.78 Å². The molecule has 0 atom stereocenters. The number of rotatable bonds is 6. The molecule has 0 aliphatic carbocycles. The first-order valence-electron chi connectivity index (χ1n) is 7.23. The number of hydrogen-bond donors (Lipinski definition) is 0. The van der Waals surface area contributed by atoms with Crippen molar-refractivity contribution in [2.75, 3.05) is 0 Å². The lowest BCUT2D eigenvalue weighted by Crippen LogP contribution is -1.96. The number of hydrogen-bond acceptors (Lipinski definition) is 4. The lowest BCUT2D eigenvalue weighted by Gasteiger charge is -2.07. The zero-order valence-electron chi connectivity index (χ0n) is 13.0. The summed E-state index contributed by atoms with van der Waals surface area (Å²) in [4.78, 5) is 16.8. The number of carbonyl (C=O) groups excluding carboxylic acids is 1. The van der Waals surface area contributed by atoms with Gasteiger partial charge >= 0.3 is 0 Å². The maximum atomic E-state index is 11.5. The number of Topliss-reactive ketones (excluding diaryl/α,β-unsaturated/α-hetero) is 1. The highest BCUT2D eigenvalue weighted by Gasteiger charge is 2.13. The Hall–Kier alpha value is -1.68. The van der Waals surface area contributed by atoms with Crippen molar-refractivity contribution in [3.05, 3.63) is 45.4 Å². The Bertz CT molecular complexity index is 614. The average Bonchev–Trinajstić information content (AvgIpc) is 2.89. The maximum absolute atomic E-state index is 11.5. The molecule has 0 aliphatic heterocycles. The summed E-state index contributed by atoms with van der Waals surface area (Å²) in [5.74, 6) is 1.43. The normalized spacial score (nSPS) is 10.9. The van der Waals surface area contributed by atoms with Gasteiger partial charge in [-0.2, -0.15) is 0 Å². The molecule has 0 fully saturated rings. The molecule has 0 saturated heterocycles. The molecule has 1 heterocycles. The number of benzene rings is 1. The van der Waals surface area contributed by atoms with Crippen molar-refractivity contribution >= 4 is 17.1 Å². The fourth-order valence-corrected chi connectivity index (χ4v) is 3.03. The minimum Gasteiger partial charge on any atom is -0.486 e. The molecule has 0 N–H and O–H groups in total. The SMILES string of the molecule is CCc1nc(COc2ccc(C(C)C)cc2)sc1C(C)=O. The number of thiazole rings is 1. The second-order valence-corrected chi connectivity index (χ2v) is 6.39. The first kappa shape index (κ1) is 15.7. The first-order valence-corrected chi connectivity index (χ1v) is 8.05. The van der Waals surface area contributed by atoms with Gasteiger partial charge in [-0.1, -0.05) is 32.9 Å². The summed E-state index contributed by atoms with van der Waals surface area (Å²) < 4.78 is 5.76. The van der Waals surface area contributed by atoms with E-state index < -0.39 is 0 Å². The molecule has 21 heavy (non-hydrogen) atoms. The Balaban J connectivity index is 2.04. The monoisotopic (exact) mass is 303 g/mol. The van der Waals surface area contributed by atoms with E-state index in [1.807, 2.05) is 19.1 Å². The van der Waals surface area contributed by atoms with Crippen LogP contribution >= 0.6 is 11.3 Å². The molecule has 0 unspecified atom stereocenters. The Kier molecular flexibility index (Phi) is 5.12. The van der Waals surface area contributed by atoms with Gasteiger partial charge in [0.1, 0.15) is 17.4 Å². The van der Waals surface area contributed by atoms with Crippen molar-refractivity contribution in [3.63, 3.8) is 0 Å². The van der Waals surface area contributed by atoms with Crippen molar-refractivity contribution in [2.24, 2.45) is 0 Å². The summed E-state index contributed by atoms with van der Waals surface area (Å²) in [5, 5.41) is 0.852. The van der Waals surface area contributed by atoms with Gasteiger partial charge in [0.2, 0.25) is 0 Å². The molecule has 3 nitrogen and oxygen atoms in total. The summed E-state index contributed by atoms with van der Waals surface area (Å²) >= 11 is 1.43. The van der Waals surface area contributed by atoms with Gasteiger partial charge in [0.05, 0.1) is 10.6 Å². The Morgan fingerprint density at radius 2 is 1.95 bits per heavy atom.